The molecule has 3 atom stereocenters. The van der Waals surface area contributed by atoms with Crippen LogP contribution >= 0.6 is 0 Å². The van der Waals surface area contributed by atoms with Crippen LogP contribution in [-0.2, 0) is 0 Å². The lowest BCUT2D eigenvalue weighted by atomic mass is 9.93. The van der Waals surface area contributed by atoms with E-state index < -0.39 is 0 Å². The first-order valence-corrected chi connectivity index (χ1v) is 7.99. The smallest absolute Gasteiger partial charge is 0.0107 e. The fourth-order valence-electron chi connectivity index (χ4n) is 3.18. The van der Waals surface area contributed by atoms with Crippen LogP contribution in [-0.4, -0.2) is 37.1 Å². The summed E-state index contributed by atoms with van der Waals surface area (Å²) >= 11 is 0. The molecule has 3 unspecified atom stereocenters. The van der Waals surface area contributed by atoms with Gasteiger partial charge in [0.05, 0.1) is 0 Å². The Morgan fingerprint density at radius 2 is 1.78 bits per heavy atom. The summed E-state index contributed by atoms with van der Waals surface area (Å²) in [5.74, 6) is 1.59. The monoisotopic (exact) mass is 254 g/mol. The molecule has 0 heterocycles. The molecule has 0 saturated heterocycles. The van der Waals surface area contributed by atoms with E-state index in [1.807, 2.05) is 0 Å². The van der Waals surface area contributed by atoms with Crippen LogP contribution in [0.2, 0.25) is 0 Å². The first-order chi connectivity index (χ1) is 8.56. The Hall–Kier alpha value is -0.0800. The minimum absolute atomic E-state index is 0.690. The van der Waals surface area contributed by atoms with Gasteiger partial charge >= 0.3 is 0 Å². The quantitative estimate of drug-likeness (QED) is 0.730. The van der Waals surface area contributed by atoms with Crippen LogP contribution in [0.3, 0.4) is 0 Å². The van der Waals surface area contributed by atoms with Crippen molar-refractivity contribution < 1.29 is 0 Å². The predicted octanol–water partition coefficient (Wildman–Crippen LogP) is 3.52. The summed E-state index contributed by atoms with van der Waals surface area (Å²) in [6.45, 7) is 11.6. The highest BCUT2D eigenvalue weighted by molar-refractivity contribution is 4.82. The van der Waals surface area contributed by atoms with Crippen molar-refractivity contribution in [2.75, 3.05) is 20.1 Å². The van der Waals surface area contributed by atoms with E-state index in [1.54, 1.807) is 0 Å². The maximum atomic E-state index is 3.72. The Labute approximate surface area is 115 Å². The van der Waals surface area contributed by atoms with E-state index in [4.69, 9.17) is 0 Å². The molecule has 1 saturated carbocycles. The molecule has 1 aliphatic rings. The van der Waals surface area contributed by atoms with E-state index in [9.17, 15) is 0 Å². The summed E-state index contributed by atoms with van der Waals surface area (Å²) in [6.07, 6.45) is 7.06. The van der Waals surface area contributed by atoms with Gasteiger partial charge < -0.3 is 10.2 Å². The van der Waals surface area contributed by atoms with Gasteiger partial charge in [-0.3, -0.25) is 0 Å². The molecular formula is C16H34N2. The van der Waals surface area contributed by atoms with Gasteiger partial charge in [0, 0.05) is 18.6 Å². The van der Waals surface area contributed by atoms with Crippen LogP contribution in [0.5, 0.6) is 0 Å². The number of nitrogens with zero attached hydrogens (tertiary/aromatic N) is 1. The van der Waals surface area contributed by atoms with E-state index in [2.05, 4.69) is 45.0 Å². The summed E-state index contributed by atoms with van der Waals surface area (Å²) < 4.78 is 0. The van der Waals surface area contributed by atoms with Crippen LogP contribution in [0.15, 0.2) is 0 Å². The Balaban J connectivity index is 2.54. The summed E-state index contributed by atoms with van der Waals surface area (Å²) in [6, 6.07) is 1.44. The second-order valence-corrected chi connectivity index (χ2v) is 6.49. The van der Waals surface area contributed by atoms with Gasteiger partial charge in [0.25, 0.3) is 0 Å². The lowest BCUT2D eigenvalue weighted by Gasteiger charge is -2.34. The highest BCUT2D eigenvalue weighted by atomic mass is 15.1. The fourth-order valence-corrected chi connectivity index (χ4v) is 3.18. The highest BCUT2D eigenvalue weighted by Gasteiger charge is 2.25. The van der Waals surface area contributed by atoms with Gasteiger partial charge in [0.1, 0.15) is 0 Å². The molecule has 0 radical (unpaired) electrons. The van der Waals surface area contributed by atoms with Gasteiger partial charge in [-0.2, -0.15) is 0 Å². The first-order valence-electron chi connectivity index (χ1n) is 7.99. The second kappa shape index (κ2) is 8.16. The molecule has 1 fully saturated rings. The van der Waals surface area contributed by atoms with Crippen molar-refractivity contribution in [1.82, 2.24) is 10.2 Å². The Morgan fingerprint density at radius 1 is 1.11 bits per heavy atom. The van der Waals surface area contributed by atoms with Crippen LogP contribution in [0.4, 0.5) is 0 Å². The third-order valence-electron chi connectivity index (χ3n) is 4.81. The van der Waals surface area contributed by atoms with Crippen molar-refractivity contribution in [3.63, 3.8) is 0 Å². The van der Waals surface area contributed by atoms with Gasteiger partial charge in [0.15, 0.2) is 0 Å². The molecule has 0 spiro atoms. The lowest BCUT2D eigenvalue weighted by molar-refractivity contribution is 0.156. The normalized spacial score (nSPS) is 27.5. The molecule has 0 aromatic heterocycles. The molecule has 18 heavy (non-hydrogen) atoms. The van der Waals surface area contributed by atoms with E-state index in [-0.39, 0.29) is 0 Å². The first kappa shape index (κ1) is 16.0. The maximum Gasteiger partial charge on any atom is 0.0107 e. The Bertz CT molecular complexity index is 215. The van der Waals surface area contributed by atoms with Gasteiger partial charge in [-0.1, -0.05) is 40.0 Å². The van der Waals surface area contributed by atoms with Crippen molar-refractivity contribution >= 4 is 0 Å². The molecule has 1 N–H and O–H groups in total. The van der Waals surface area contributed by atoms with Crippen LogP contribution in [0, 0.1) is 11.8 Å². The topological polar surface area (TPSA) is 15.3 Å². The van der Waals surface area contributed by atoms with Gasteiger partial charge in [-0.25, -0.2) is 0 Å². The molecule has 0 aliphatic heterocycles. The SMILES string of the molecule is CCNC1CCCCCC1CN(C)C(C)C(C)C. The summed E-state index contributed by atoms with van der Waals surface area (Å²) in [4.78, 5) is 2.57. The Kier molecular flexibility index (Phi) is 7.25. The molecule has 0 aromatic rings. The van der Waals surface area contributed by atoms with E-state index in [0.717, 1.165) is 24.4 Å². The van der Waals surface area contributed by atoms with Gasteiger partial charge in [-0.05, 0) is 45.2 Å². The largest absolute Gasteiger partial charge is 0.314 e. The van der Waals surface area contributed by atoms with E-state index in [1.165, 1.54) is 38.6 Å². The molecule has 2 heteroatoms. The van der Waals surface area contributed by atoms with Crippen LogP contribution in [0.25, 0.3) is 0 Å². The number of nitrogens with one attached hydrogen (secondary N) is 1. The van der Waals surface area contributed by atoms with E-state index >= 15 is 0 Å². The molecule has 0 bridgehead atoms. The molecular weight excluding hydrogens is 220 g/mol. The summed E-state index contributed by atoms with van der Waals surface area (Å²) in [7, 11) is 2.30. The third-order valence-corrected chi connectivity index (χ3v) is 4.81. The van der Waals surface area contributed by atoms with Crippen molar-refractivity contribution in [2.24, 2.45) is 11.8 Å². The molecule has 2 nitrogen and oxygen atoms in total. The standard InChI is InChI=1S/C16H34N2/c1-6-17-16-11-9-7-8-10-15(16)12-18(5)14(4)13(2)3/h13-17H,6-12H2,1-5H3. The van der Waals surface area contributed by atoms with Crippen LogP contribution in [0.1, 0.15) is 59.8 Å². The average Bonchev–Trinajstić information content (AvgIpc) is 2.54. The molecule has 0 aromatic carbocycles. The number of hydrogen-bond acceptors (Lipinski definition) is 2. The average molecular weight is 254 g/mol. The predicted molar refractivity (Wildman–Crippen MR) is 81.0 cm³/mol. The van der Waals surface area contributed by atoms with Crippen molar-refractivity contribution in [3.8, 4) is 0 Å². The maximum absolute atomic E-state index is 3.72. The summed E-state index contributed by atoms with van der Waals surface area (Å²) in [5, 5.41) is 3.72. The third kappa shape index (κ3) is 4.89. The Morgan fingerprint density at radius 3 is 2.39 bits per heavy atom. The highest BCUT2D eigenvalue weighted by Crippen LogP contribution is 2.25. The second-order valence-electron chi connectivity index (χ2n) is 6.49. The fraction of sp³-hybridized carbons (Fsp3) is 1.00. The zero-order valence-electron chi connectivity index (χ0n) is 13.2. The molecule has 0 amide bonds. The number of rotatable bonds is 6. The summed E-state index contributed by atoms with van der Waals surface area (Å²) in [5.41, 5.74) is 0. The number of hydrogen-bond donors (Lipinski definition) is 1. The molecule has 1 rings (SSSR count). The van der Waals surface area contributed by atoms with Crippen molar-refractivity contribution in [3.05, 3.63) is 0 Å². The lowest BCUT2D eigenvalue weighted by Crippen LogP contribution is -2.44. The van der Waals surface area contributed by atoms with Crippen molar-refractivity contribution in [1.29, 1.82) is 0 Å². The van der Waals surface area contributed by atoms with Crippen molar-refractivity contribution in [2.45, 2.75) is 71.9 Å². The van der Waals surface area contributed by atoms with Crippen LogP contribution < -0.4 is 5.32 Å². The van der Waals surface area contributed by atoms with Gasteiger partial charge in [-0.15, -0.1) is 0 Å². The minimum Gasteiger partial charge on any atom is -0.314 e. The minimum atomic E-state index is 0.690. The van der Waals surface area contributed by atoms with E-state index in [0.29, 0.717) is 6.04 Å². The zero-order valence-corrected chi connectivity index (χ0v) is 13.2. The molecule has 1 aliphatic carbocycles. The molecule has 108 valence electrons. The zero-order chi connectivity index (χ0) is 13.5. The van der Waals surface area contributed by atoms with Gasteiger partial charge in [0.2, 0.25) is 0 Å².